The van der Waals surface area contributed by atoms with Gasteiger partial charge in [0, 0.05) is 0 Å². The van der Waals surface area contributed by atoms with Crippen LogP contribution < -0.4 is 9.80 Å². The Morgan fingerprint density at radius 1 is 0.860 bits per heavy atom. The molecule has 6 atom stereocenters. The molecule has 50 heavy (non-hydrogen) atoms. The lowest BCUT2D eigenvalue weighted by Crippen LogP contribution is -2.48. The van der Waals surface area contributed by atoms with Crippen LogP contribution in [0, 0.1) is 34.9 Å². The molecule has 3 heterocycles. The molecule has 4 aliphatic rings. The first-order valence-corrected chi connectivity index (χ1v) is 15.7. The predicted molar refractivity (Wildman–Crippen MR) is 160 cm³/mol. The molecule has 6 unspecified atom stereocenters. The van der Waals surface area contributed by atoms with E-state index in [9.17, 15) is 55.0 Å². The monoisotopic (exact) mass is 724 g/mol. The van der Waals surface area contributed by atoms with Gasteiger partial charge < -0.3 is 9.52 Å². The van der Waals surface area contributed by atoms with Crippen molar-refractivity contribution in [1.82, 2.24) is 0 Å². The molecule has 7 rings (SSSR count). The van der Waals surface area contributed by atoms with Crippen LogP contribution in [0.15, 0.2) is 64.6 Å². The smallest absolute Gasteiger partial charge is 0.416 e. The first-order valence-electron chi connectivity index (χ1n) is 15.3. The summed E-state index contributed by atoms with van der Waals surface area (Å²) in [6.07, 6.45) is -9.25. The van der Waals surface area contributed by atoms with Crippen molar-refractivity contribution in [2.45, 2.75) is 44.6 Å². The summed E-state index contributed by atoms with van der Waals surface area (Å²) in [5.41, 5.74) is -5.54. The number of alkyl halides is 6. The molecule has 8 nitrogen and oxygen atoms in total. The molecular formula is C34H24ClF7N2O6. The van der Waals surface area contributed by atoms with Crippen molar-refractivity contribution >= 4 is 46.6 Å². The number of carbonyl (C=O) groups excluding carboxylic acids is 4. The fourth-order valence-corrected chi connectivity index (χ4v) is 8.32. The normalized spacial score (nSPS) is 28.2. The molecule has 1 N–H and O–H groups in total. The van der Waals surface area contributed by atoms with Gasteiger partial charge >= 0.3 is 12.4 Å². The van der Waals surface area contributed by atoms with Crippen molar-refractivity contribution in [2.24, 2.45) is 29.1 Å². The van der Waals surface area contributed by atoms with E-state index in [2.05, 4.69) is 0 Å². The van der Waals surface area contributed by atoms with Crippen molar-refractivity contribution in [3.63, 3.8) is 0 Å². The maximum atomic E-state index is 14.3. The van der Waals surface area contributed by atoms with Gasteiger partial charge in [0.2, 0.25) is 23.6 Å². The third-order valence-electron chi connectivity index (χ3n) is 10.4. The molecule has 3 fully saturated rings. The molecule has 16 heteroatoms. The number of hydrogen-bond acceptors (Lipinski definition) is 6. The molecule has 2 aliphatic heterocycles. The van der Waals surface area contributed by atoms with E-state index in [4.69, 9.17) is 16.0 Å². The van der Waals surface area contributed by atoms with Crippen molar-refractivity contribution in [3.05, 3.63) is 93.7 Å². The molecule has 3 aromatic rings. The van der Waals surface area contributed by atoms with Gasteiger partial charge in [-0.3, -0.25) is 19.2 Å². The number of hydrogen-bond donors (Lipinski definition) is 1. The average molecular weight is 725 g/mol. The summed E-state index contributed by atoms with van der Waals surface area (Å²) in [6.45, 7) is 0.999. The summed E-state index contributed by atoms with van der Waals surface area (Å²) in [7, 11) is 0. The second-order valence-corrected chi connectivity index (χ2v) is 13.4. The minimum atomic E-state index is -5.24. The second kappa shape index (κ2) is 11.3. The zero-order valence-electron chi connectivity index (χ0n) is 25.6. The van der Waals surface area contributed by atoms with Crippen molar-refractivity contribution < 1.29 is 59.4 Å². The van der Waals surface area contributed by atoms with Gasteiger partial charge in [-0.1, -0.05) is 23.3 Å². The highest BCUT2D eigenvalue weighted by Crippen LogP contribution is 2.64. The summed E-state index contributed by atoms with van der Waals surface area (Å²) in [5, 5.41) is 9.36. The van der Waals surface area contributed by atoms with Crippen molar-refractivity contribution in [2.75, 3.05) is 9.80 Å². The van der Waals surface area contributed by atoms with E-state index >= 15 is 0 Å². The highest BCUT2D eigenvalue weighted by Gasteiger charge is 2.68. The number of anilines is 2. The highest BCUT2D eigenvalue weighted by molar-refractivity contribution is 6.32. The zero-order valence-corrected chi connectivity index (χ0v) is 26.4. The van der Waals surface area contributed by atoms with E-state index in [0.29, 0.717) is 22.6 Å². The van der Waals surface area contributed by atoms with Gasteiger partial charge in [0.1, 0.15) is 23.9 Å². The van der Waals surface area contributed by atoms with Crippen molar-refractivity contribution in [3.8, 4) is 0 Å². The van der Waals surface area contributed by atoms with E-state index in [1.165, 1.54) is 25.1 Å². The number of allylic oxidation sites excluding steroid dienone is 2. The van der Waals surface area contributed by atoms with Crippen LogP contribution in [0.25, 0.3) is 0 Å². The molecule has 2 saturated heterocycles. The Balaban J connectivity index is 1.34. The standard InChI is InChI=1S/C34H24ClF7N2O6/c1-32-22(29(47)44(31(32)49)16-2-6-24(36)23(35)11-16)12-21-19(27(32)25-7-3-18(13-45)50-25)4-5-20-26(21)30(48)43(28(20)46)17-9-14(33(37,38)39)8-15(10-17)34(40,41)42/h2-4,6-11,20-22,26-27,45H,5,12-13H2,1H3. The fraction of sp³-hybridized carbons (Fsp3) is 0.353. The van der Waals surface area contributed by atoms with Crippen LogP contribution >= 0.6 is 11.6 Å². The van der Waals surface area contributed by atoms with Crippen LogP contribution in [-0.4, -0.2) is 28.7 Å². The van der Waals surface area contributed by atoms with Gasteiger partial charge in [-0.25, -0.2) is 14.2 Å². The van der Waals surface area contributed by atoms with E-state index < -0.39 is 100 Å². The van der Waals surface area contributed by atoms with Crippen LogP contribution in [0.4, 0.5) is 42.1 Å². The number of furan rings is 1. The number of amides is 4. The molecule has 1 saturated carbocycles. The topological polar surface area (TPSA) is 108 Å². The molecule has 1 aromatic heterocycles. The number of rotatable bonds is 4. The zero-order chi connectivity index (χ0) is 36.2. The van der Waals surface area contributed by atoms with E-state index in [0.717, 1.165) is 17.0 Å². The number of aliphatic hydroxyl groups is 1. The van der Waals surface area contributed by atoms with Crippen LogP contribution in [0.2, 0.25) is 5.02 Å². The fourth-order valence-electron chi connectivity index (χ4n) is 8.14. The van der Waals surface area contributed by atoms with Gasteiger partial charge in [-0.15, -0.1) is 0 Å². The first-order chi connectivity index (χ1) is 23.4. The molecular weight excluding hydrogens is 701 g/mol. The van der Waals surface area contributed by atoms with Gasteiger partial charge in [0.25, 0.3) is 0 Å². The van der Waals surface area contributed by atoms with Crippen LogP contribution in [-0.2, 0) is 38.1 Å². The SMILES string of the molecule is CC12C(=O)N(c3ccc(F)c(Cl)c3)C(=O)C1CC1C(=CCC3C(=O)N(c4cc(C(F)(F)F)cc(C(F)(F)F)c4)C(=O)C31)C2c1ccc(CO)o1. The van der Waals surface area contributed by atoms with Gasteiger partial charge in [-0.05, 0) is 74.2 Å². The number of aliphatic hydroxyl groups excluding tert-OH is 1. The Hall–Kier alpha value is -4.50. The summed E-state index contributed by atoms with van der Waals surface area (Å²) in [5.74, 6) is -9.81. The molecule has 0 radical (unpaired) electrons. The second-order valence-electron chi connectivity index (χ2n) is 13.0. The molecule has 2 aromatic carbocycles. The van der Waals surface area contributed by atoms with Crippen molar-refractivity contribution in [1.29, 1.82) is 0 Å². The lowest BCUT2D eigenvalue weighted by molar-refractivity contribution is -0.143. The Morgan fingerprint density at radius 2 is 1.52 bits per heavy atom. The average Bonchev–Trinajstić information content (AvgIpc) is 3.68. The van der Waals surface area contributed by atoms with Crippen LogP contribution in [0.5, 0.6) is 0 Å². The van der Waals surface area contributed by atoms with Gasteiger partial charge in [0.15, 0.2) is 0 Å². The number of nitrogens with zero attached hydrogens (tertiary/aromatic N) is 2. The minimum Gasteiger partial charge on any atom is -0.463 e. The number of imide groups is 2. The quantitative estimate of drug-likeness (QED) is 0.176. The maximum Gasteiger partial charge on any atom is 0.416 e. The van der Waals surface area contributed by atoms with E-state index in [1.807, 2.05) is 0 Å². The van der Waals surface area contributed by atoms with Gasteiger partial charge in [-0.2, -0.15) is 26.3 Å². The van der Waals surface area contributed by atoms with Crippen LogP contribution in [0.3, 0.4) is 0 Å². The summed E-state index contributed by atoms with van der Waals surface area (Å²) in [4.78, 5) is 57.6. The van der Waals surface area contributed by atoms with Crippen LogP contribution in [0.1, 0.15) is 48.3 Å². The molecule has 2 aliphatic carbocycles. The van der Waals surface area contributed by atoms with Gasteiger partial charge in [0.05, 0.1) is 56.6 Å². The number of carbonyl (C=O) groups is 4. The number of fused-ring (bicyclic) bond motifs is 4. The molecule has 0 spiro atoms. The highest BCUT2D eigenvalue weighted by atomic mass is 35.5. The lowest BCUT2D eigenvalue weighted by Gasteiger charge is -2.48. The van der Waals surface area contributed by atoms with E-state index in [-0.39, 0.29) is 41.1 Å². The minimum absolute atomic E-state index is 0.0330. The number of halogens is 8. The number of benzene rings is 2. The largest absolute Gasteiger partial charge is 0.463 e. The molecule has 4 amide bonds. The third kappa shape index (κ3) is 4.91. The maximum absolute atomic E-state index is 14.3. The summed E-state index contributed by atoms with van der Waals surface area (Å²) in [6, 6.07) is 6.69. The Kier molecular flexibility index (Phi) is 7.65. The summed E-state index contributed by atoms with van der Waals surface area (Å²) < 4.78 is 102. The predicted octanol–water partition coefficient (Wildman–Crippen LogP) is 7.04. The lowest BCUT2D eigenvalue weighted by atomic mass is 9.52. The Morgan fingerprint density at radius 3 is 2.10 bits per heavy atom. The molecule has 262 valence electrons. The first kappa shape index (κ1) is 34.0. The Labute approximate surface area is 283 Å². The summed E-state index contributed by atoms with van der Waals surface area (Å²) >= 11 is 5.97. The Bertz CT molecular complexity index is 1990. The van der Waals surface area contributed by atoms with E-state index in [1.54, 1.807) is 6.08 Å². The molecule has 0 bridgehead atoms. The third-order valence-corrected chi connectivity index (χ3v) is 10.7.